The highest BCUT2D eigenvalue weighted by Crippen LogP contribution is 2.36. The van der Waals surface area contributed by atoms with Gasteiger partial charge in [0, 0.05) is 11.7 Å². The van der Waals surface area contributed by atoms with Gasteiger partial charge in [0.1, 0.15) is 5.82 Å². The lowest BCUT2D eigenvalue weighted by atomic mass is 10.2. The van der Waals surface area contributed by atoms with Gasteiger partial charge in [-0.3, -0.25) is 4.79 Å². The maximum absolute atomic E-state index is 13.7. The van der Waals surface area contributed by atoms with Crippen LogP contribution in [-0.4, -0.2) is 20.7 Å². The number of hydrogen-bond donors (Lipinski definition) is 1. The van der Waals surface area contributed by atoms with Crippen LogP contribution in [0.3, 0.4) is 0 Å². The summed E-state index contributed by atoms with van der Waals surface area (Å²) in [6, 6.07) is 6.69. The van der Waals surface area contributed by atoms with E-state index in [0.717, 1.165) is 10.9 Å². The molecule has 0 unspecified atom stereocenters. The Morgan fingerprint density at radius 3 is 2.68 bits per heavy atom. The van der Waals surface area contributed by atoms with Gasteiger partial charge in [-0.25, -0.2) is 9.37 Å². The van der Waals surface area contributed by atoms with E-state index in [1.165, 1.54) is 49.2 Å². The summed E-state index contributed by atoms with van der Waals surface area (Å²) in [6.45, 7) is 5.93. The number of aromatic nitrogens is 2. The molecule has 2 aromatic rings. The van der Waals surface area contributed by atoms with Crippen LogP contribution in [0.4, 0.5) is 10.1 Å². The first-order valence-corrected chi connectivity index (χ1v) is 9.63. The number of imidazole rings is 1. The quantitative estimate of drug-likeness (QED) is 0.773. The first-order valence-electron chi connectivity index (χ1n) is 8.75. The van der Waals surface area contributed by atoms with Crippen LogP contribution in [0.5, 0.6) is 0 Å². The van der Waals surface area contributed by atoms with E-state index >= 15 is 0 Å². The molecule has 1 amide bonds. The van der Waals surface area contributed by atoms with Crippen molar-refractivity contribution in [2.75, 3.05) is 5.32 Å². The van der Waals surface area contributed by atoms with Crippen LogP contribution in [0.15, 0.2) is 29.4 Å². The van der Waals surface area contributed by atoms with Gasteiger partial charge in [-0.2, -0.15) is 0 Å². The van der Waals surface area contributed by atoms with Crippen molar-refractivity contribution >= 4 is 23.4 Å². The molecule has 6 heteroatoms. The molecule has 0 saturated heterocycles. The molecule has 134 valence electrons. The Morgan fingerprint density at radius 1 is 1.32 bits per heavy atom. The van der Waals surface area contributed by atoms with Crippen molar-refractivity contribution in [1.29, 1.82) is 0 Å². The van der Waals surface area contributed by atoms with Crippen molar-refractivity contribution in [3.8, 4) is 0 Å². The number of carbonyl (C=O) groups excluding carboxylic acids is 1. The van der Waals surface area contributed by atoms with Crippen LogP contribution in [-0.2, 0) is 4.79 Å². The average Bonchev–Trinajstić information content (AvgIpc) is 3.18. The Balaban J connectivity index is 1.74. The maximum atomic E-state index is 13.7. The molecule has 1 fully saturated rings. The molecule has 1 aromatic carbocycles. The molecule has 1 aromatic heterocycles. The summed E-state index contributed by atoms with van der Waals surface area (Å²) in [5.41, 5.74) is 2.40. The first kappa shape index (κ1) is 18.0. The summed E-state index contributed by atoms with van der Waals surface area (Å²) >= 11 is 1.44. The molecule has 1 atom stereocenters. The van der Waals surface area contributed by atoms with Gasteiger partial charge in [0.2, 0.25) is 5.91 Å². The molecule has 0 bridgehead atoms. The van der Waals surface area contributed by atoms with E-state index in [-0.39, 0.29) is 16.8 Å². The number of halogens is 1. The lowest BCUT2D eigenvalue weighted by Gasteiger charge is -2.18. The normalized spacial score (nSPS) is 16.2. The molecule has 0 spiro atoms. The Bertz CT molecular complexity index is 768. The Morgan fingerprint density at radius 2 is 2.00 bits per heavy atom. The number of rotatable bonds is 5. The third kappa shape index (κ3) is 3.89. The number of amides is 1. The average molecular weight is 361 g/mol. The number of nitrogens with zero attached hydrogens (tertiary/aromatic N) is 2. The largest absolute Gasteiger partial charge is 0.323 e. The molecule has 1 aliphatic rings. The van der Waals surface area contributed by atoms with Crippen molar-refractivity contribution in [1.82, 2.24) is 9.55 Å². The molecule has 1 aliphatic carbocycles. The molecule has 0 radical (unpaired) electrons. The van der Waals surface area contributed by atoms with Gasteiger partial charge in [-0.1, -0.05) is 36.7 Å². The summed E-state index contributed by atoms with van der Waals surface area (Å²) < 4.78 is 16.0. The number of para-hydroxylation sites is 1. The van der Waals surface area contributed by atoms with Gasteiger partial charge >= 0.3 is 0 Å². The number of benzene rings is 1. The van der Waals surface area contributed by atoms with Crippen molar-refractivity contribution < 1.29 is 9.18 Å². The fourth-order valence-corrected chi connectivity index (χ4v) is 4.35. The van der Waals surface area contributed by atoms with Gasteiger partial charge in [0.05, 0.1) is 16.6 Å². The van der Waals surface area contributed by atoms with Crippen molar-refractivity contribution in [2.45, 2.75) is 62.9 Å². The third-order valence-corrected chi connectivity index (χ3v) is 5.89. The predicted octanol–water partition coefficient (Wildman–Crippen LogP) is 4.87. The topological polar surface area (TPSA) is 46.9 Å². The molecule has 0 aliphatic heterocycles. The Kier molecular flexibility index (Phi) is 5.47. The Hall–Kier alpha value is -1.82. The standard InChI is InChI=1S/C19H24FN3OS/c1-12-13(2)23(15-8-4-5-9-15)19(21-12)25-14(3)18(24)22-17-11-7-6-10-16(17)20/h6-7,10-11,14-15H,4-5,8-9H2,1-3H3,(H,22,24)/t14-/m1/s1. The van der Waals surface area contributed by atoms with Gasteiger partial charge in [0.15, 0.2) is 5.16 Å². The second-order valence-electron chi connectivity index (χ2n) is 6.60. The van der Waals surface area contributed by atoms with E-state index in [4.69, 9.17) is 0 Å². The van der Waals surface area contributed by atoms with E-state index < -0.39 is 5.82 Å². The zero-order valence-electron chi connectivity index (χ0n) is 14.9. The van der Waals surface area contributed by atoms with E-state index in [0.29, 0.717) is 6.04 Å². The minimum atomic E-state index is -0.424. The van der Waals surface area contributed by atoms with E-state index in [1.54, 1.807) is 18.2 Å². The fraction of sp³-hybridized carbons (Fsp3) is 0.474. The molecule has 1 heterocycles. The van der Waals surface area contributed by atoms with Crippen molar-refractivity contribution in [3.05, 3.63) is 41.5 Å². The van der Waals surface area contributed by atoms with Crippen LogP contribution in [0.25, 0.3) is 0 Å². The van der Waals surface area contributed by atoms with Gasteiger partial charge in [-0.05, 0) is 45.7 Å². The number of aryl methyl sites for hydroxylation is 1. The minimum Gasteiger partial charge on any atom is -0.323 e. The molecule has 25 heavy (non-hydrogen) atoms. The summed E-state index contributed by atoms with van der Waals surface area (Å²) in [5, 5.41) is 3.20. The van der Waals surface area contributed by atoms with Gasteiger partial charge < -0.3 is 9.88 Å². The van der Waals surface area contributed by atoms with Crippen LogP contribution < -0.4 is 5.32 Å². The van der Waals surface area contributed by atoms with E-state index in [9.17, 15) is 9.18 Å². The summed E-state index contributed by atoms with van der Waals surface area (Å²) in [6.07, 6.45) is 4.82. The molecule has 1 N–H and O–H groups in total. The lowest BCUT2D eigenvalue weighted by Crippen LogP contribution is -2.23. The van der Waals surface area contributed by atoms with E-state index in [1.807, 2.05) is 13.8 Å². The SMILES string of the molecule is Cc1nc(S[C@H](C)C(=O)Nc2ccccc2F)n(C2CCCC2)c1C. The van der Waals surface area contributed by atoms with Crippen LogP contribution >= 0.6 is 11.8 Å². The molecular formula is C19H24FN3OS. The zero-order valence-corrected chi connectivity index (χ0v) is 15.7. The minimum absolute atomic E-state index is 0.214. The fourth-order valence-electron chi connectivity index (χ4n) is 3.28. The van der Waals surface area contributed by atoms with Crippen LogP contribution in [0.1, 0.15) is 50.0 Å². The number of carbonyl (C=O) groups is 1. The van der Waals surface area contributed by atoms with Crippen molar-refractivity contribution in [3.63, 3.8) is 0 Å². The molecule has 1 saturated carbocycles. The molecule has 4 nitrogen and oxygen atoms in total. The smallest absolute Gasteiger partial charge is 0.237 e. The second kappa shape index (κ2) is 7.60. The monoisotopic (exact) mass is 361 g/mol. The molecule has 3 rings (SSSR count). The first-order chi connectivity index (χ1) is 12.0. The number of thioether (sulfide) groups is 1. The summed E-state index contributed by atoms with van der Waals surface area (Å²) in [7, 11) is 0. The van der Waals surface area contributed by atoms with Gasteiger partial charge in [0.25, 0.3) is 0 Å². The third-order valence-electron chi connectivity index (χ3n) is 4.83. The van der Waals surface area contributed by atoms with Crippen LogP contribution in [0, 0.1) is 19.7 Å². The van der Waals surface area contributed by atoms with Crippen molar-refractivity contribution in [2.24, 2.45) is 0 Å². The van der Waals surface area contributed by atoms with Gasteiger partial charge in [-0.15, -0.1) is 0 Å². The number of nitrogens with one attached hydrogen (secondary N) is 1. The highest BCUT2D eigenvalue weighted by Gasteiger charge is 2.26. The zero-order chi connectivity index (χ0) is 18.0. The van der Waals surface area contributed by atoms with E-state index in [2.05, 4.69) is 21.8 Å². The highest BCUT2D eigenvalue weighted by atomic mass is 32.2. The highest BCUT2D eigenvalue weighted by molar-refractivity contribution is 8.00. The van der Waals surface area contributed by atoms with Crippen LogP contribution in [0.2, 0.25) is 0 Å². The lowest BCUT2D eigenvalue weighted by molar-refractivity contribution is -0.115. The maximum Gasteiger partial charge on any atom is 0.237 e. The molecular weight excluding hydrogens is 337 g/mol. The number of anilines is 1. The second-order valence-corrected chi connectivity index (χ2v) is 7.91. The Labute approximate surface area is 152 Å². The summed E-state index contributed by atoms with van der Waals surface area (Å²) in [5.74, 6) is -0.640. The summed E-state index contributed by atoms with van der Waals surface area (Å²) in [4.78, 5) is 17.1. The number of hydrogen-bond acceptors (Lipinski definition) is 3. The predicted molar refractivity (Wildman–Crippen MR) is 99.6 cm³/mol.